The summed E-state index contributed by atoms with van der Waals surface area (Å²) in [5, 5.41) is 0. The molecule has 0 aromatic heterocycles. The predicted molar refractivity (Wildman–Crippen MR) is 86.1 cm³/mol. The molecule has 21 heavy (non-hydrogen) atoms. The minimum atomic E-state index is 0.0674. The van der Waals surface area contributed by atoms with Crippen LogP contribution in [0.25, 0.3) is 0 Å². The van der Waals surface area contributed by atoms with E-state index in [-0.39, 0.29) is 6.29 Å². The second-order valence-corrected chi connectivity index (χ2v) is 8.48. The molecule has 1 heterocycles. The Labute approximate surface area is 131 Å². The molecule has 3 aliphatic rings. The molecule has 1 aliphatic heterocycles. The molecule has 122 valence electrons. The number of hydrogen-bond donors (Lipinski definition) is 0. The Morgan fingerprint density at radius 1 is 1.24 bits per heavy atom. The van der Waals surface area contributed by atoms with E-state index in [2.05, 4.69) is 34.6 Å². The van der Waals surface area contributed by atoms with Gasteiger partial charge in [-0.2, -0.15) is 0 Å². The Morgan fingerprint density at radius 3 is 2.62 bits per heavy atom. The molecule has 0 radical (unpaired) electrons. The number of rotatable bonds is 6. The fraction of sp³-hybridized carbons (Fsp3) is 1.00. The van der Waals surface area contributed by atoms with Crippen LogP contribution in [0.4, 0.5) is 0 Å². The summed E-state index contributed by atoms with van der Waals surface area (Å²) < 4.78 is 12.8. The first kappa shape index (κ1) is 15.8. The van der Waals surface area contributed by atoms with E-state index < -0.39 is 0 Å². The van der Waals surface area contributed by atoms with E-state index in [1.807, 2.05) is 0 Å². The van der Waals surface area contributed by atoms with Gasteiger partial charge in [0.15, 0.2) is 6.29 Å². The Bertz CT molecular complexity index is 378. The maximum absolute atomic E-state index is 6.45. The third-order valence-corrected chi connectivity index (χ3v) is 7.35. The third kappa shape index (κ3) is 2.28. The fourth-order valence-electron chi connectivity index (χ4n) is 5.59. The van der Waals surface area contributed by atoms with E-state index in [9.17, 15) is 0 Å². The second kappa shape index (κ2) is 5.53. The molecular formula is C19H34O2. The summed E-state index contributed by atoms with van der Waals surface area (Å²) in [7, 11) is 0. The van der Waals surface area contributed by atoms with Gasteiger partial charge in [-0.1, -0.05) is 47.5 Å². The minimum absolute atomic E-state index is 0.0674. The zero-order valence-corrected chi connectivity index (χ0v) is 14.7. The Balaban J connectivity index is 1.63. The van der Waals surface area contributed by atoms with Crippen molar-refractivity contribution in [2.45, 2.75) is 98.1 Å². The van der Waals surface area contributed by atoms with E-state index in [1.165, 1.54) is 32.1 Å². The van der Waals surface area contributed by atoms with E-state index in [1.54, 1.807) is 0 Å². The lowest BCUT2D eigenvalue weighted by molar-refractivity contribution is -0.187. The highest BCUT2D eigenvalue weighted by Crippen LogP contribution is 2.71. The van der Waals surface area contributed by atoms with Gasteiger partial charge >= 0.3 is 0 Å². The molecule has 2 bridgehead atoms. The van der Waals surface area contributed by atoms with Crippen molar-refractivity contribution < 1.29 is 9.47 Å². The normalized spacial score (nSPS) is 45.0. The Hall–Kier alpha value is -0.0800. The lowest BCUT2D eigenvalue weighted by atomic mass is 9.70. The molecule has 3 rings (SSSR count). The van der Waals surface area contributed by atoms with Crippen LogP contribution in [0.5, 0.6) is 0 Å². The van der Waals surface area contributed by atoms with Gasteiger partial charge in [-0.25, -0.2) is 0 Å². The first-order valence-corrected chi connectivity index (χ1v) is 9.25. The smallest absolute Gasteiger partial charge is 0.158 e. The van der Waals surface area contributed by atoms with Gasteiger partial charge < -0.3 is 9.47 Å². The Kier molecular flexibility index (Phi) is 4.16. The van der Waals surface area contributed by atoms with Crippen LogP contribution in [-0.2, 0) is 9.47 Å². The summed E-state index contributed by atoms with van der Waals surface area (Å²) in [6.07, 6.45) is 9.60. The summed E-state index contributed by atoms with van der Waals surface area (Å²) in [5.74, 6) is 1.59. The molecule has 1 saturated heterocycles. The van der Waals surface area contributed by atoms with Crippen LogP contribution in [0, 0.1) is 22.7 Å². The number of unbranched alkanes of at least 4 members (excludes halogenated alkanes) is 1. The van der Waals surface area contributed by atoms with Gasteiger partial charge in [0, 0.05) is 6.42 Å². The van der Waals surface area contributed by atoms with Crippen LogP contribution in [0.2, 0.25) is 0 Å². The molecule has 0 spiro atoms. The largest absolute Gasteiger partial charge is 0.349 e. The van der Waals surface area contributed by atoms with Crippen molar-refractivity contribution in [1.29, 1.82) is 0 Å². The van der Waals surface area contributed by atoms with Crippen molar-refractivity contribution in [3.63, 3.8) is 0 Å². The van der Waals surface area contributed by atoms with Crippen molar-refractivity contribution >= 4 is 0 Å². The summed E-state index contributed by atoms with van der Waals surface area (Å²) in [6, 6.07) is 0. The molecule has 0 aromatic rings. The van der Waals surface area contributed by atoms with Crippen molar-refractivity contribution in [1.82, 2.24) is 0 Å². The molecule has 6 atom stereocenters. The molecule has 2 heteroatoms. The summed E-state index contributed by atoms with van der Waals surface area (Å²) in [5.41, 5.74) is 0.811. The van der Waals surface area contributed by atoms with Gasteiger partial charge in [0.2, 0.25) is 0 Å². The summed E-state index contributed by atoms with van der Waals surface area (Å²) >= 11 is 0. The van der Waals surface area contributed by atoms with E-state index in [0.29, 0.717) is 23.0 Å². The molecule has 0 unspecified atom stereocenters. The van der Waals surface area contributed by atoms with Crippen LogP contribution in [0.1, 0.15) is 79.6 Å². The highest BCUT2D eigenvalue weighted by Gasteiger charge is 2.69. The molecule has 2 aliphatic carbocycles. The topological polar surface area (TPSA) is 18.5 Å². The molecule has 0 amide bonds. The highest BCUT2D eigenvalue weighted by atomic mass is 16.7. The third-order valence-electron chi connectivity index (χ3n) is 7.35. The average molecular weight is 294 g/mol. The van der Waals surface area contributed by atoms with Gasteiger partial charge in [0.1, 0.15) is 0 Å². The monoisotopic (exact) mass is 294 g/mol. The zero-order valence-electron chi connectivity index (χ0n) is 14.7. The van der Waals surface area contributed by atoms with Gasteiger partial charge in [-0.3, -0.25) is 0 Å². The van der Waals surface area contributed by atoms with Gasteiger partial charge in [-0.05, 0) is 48.3 Å². The highest BCUT2D eigenvalue weighted by molar-refractivity contribution is 5.16. The maximum Gasteiger partial charge on any atom is 0.158 e. The van der Waals surface area contributed by atoms with Crippen molar-refractivity contribution in [3.8, 4) is 0 Å². The lowest BCUT2D eigenvalue weighted by Crippen LogP contribution is -2.38. The minimum Gasteiger partial charge on any atom is -0.349 e. The second-order valence-electron chi connectivity index (χ2n) is 8.48. The molecule has 2 nitrogen and oxygen atoms in total. The molecule has 3 fully saturated rings. The number of hydrogen-bond acceptors (Lipinski definition) is 2. The van der Waals surface area contributed by atoms with Gasteiger partial charge in [0.05, 0.1) is 12.2 Å². The predicted octanol–water partition coefficient (Wildman–Crippen LogP) is 5.16. The van der Waals surface area contributed by atoms with Crippen molar-refractivity contribution in [3.05, 3.63) is 0 Å². The van der Waals surface area contributed by atoms with Gasteiger partial charge in [0.25, 0.3) is 0 Å². The SMILES string of the molecule is CCCC[C@H](CC)O[C@@H]1C[C@H]2[C@H]3CC[C@@](C)([C@H]2O1)C3(C)C. The van der Waals surface area contributed by atoms with E-state index in [4.69, 9.17) is 9.47 Å². The molecular weight excluding hydrogens is 260 g/mol. The Morgan fingerprint density at radius 2 is 2.00 bits per heavy atom. The first-order chi connectivity index (χ1) is 9.94. The first-order valence-electron chi connectivity index (χ1n) is 9.25. The van der Waals surface area contributed by atoms with Gasteiger partial charge in [-0.15, -0.1) is 0 Å². The summed E-state index contributed by atoms with van der Waals surface area (Å²) in [4.78, 5) is 0. The van der Waals surface area contributed by atoms with E-state index in [0.717, 1.165) is 24.7 Å². The molecule has 0 aromatic carbocycles. The quantitative estimate of drug-likeness (QED) is 0.673. The van der Waals surface area contributed by atoms with E-state index >= 15 is 0 Å². The lowest BCUT2D eigenvalue weighted by Gasteiger charge is -2.39. The molecule has 0 N–H and O–H groups in total. The maximum atomic E-state index is 6.45. The van der Waals surface area contributed by atoms with Crippen LogP contribution in [0.15, 0.2) is 0 Å². The van der Waals surface area contributed by atoms with Crippen LogP contribution in [-0.4, -0.2) is 18.5 Å². The fourth-order valence-corrected chi connectivity index (χ4v) is 5.59. The number of ether oxygens (including phenoxy) is 2. The summed E-state index contributed by atoms with van der Waals surface area (Å²) in [6.45, 7) is 11.9. The average Bonchev–Trinajstić information content (AvgIpc) is 3.00. The van der Waals surface area contributed by atoms with Crippen LogP contribution in [0.3, 0.4) is 0 Å². The van der Waals surface area contributed by atoms with Crippen LogP contribution >= 0.6 is 0 Å². The number of fused-ring (bicyclic) bond motifs is 5. The van der Waals surface area contributed by atoms with Crippen molar-refractivity contribution in [2.24, 2.45) is 22.7 Å². The standard InChI is InChI=1S/C19H34O2/c1-6-8-9-13(7-2)20-16-12-14-15-10-11-19(5,17(14)21-16)18(15,3)4/h13-17H,6-12H2,1-5H3/t13-,14-,15+,16-,17-,19-/m0/s1. The zero-order chi connectivity index (χ0) is 15.3. The van der Waals surface area contributed by atoms with Crippen LogP contribution < -0.4 is 0 Å². The van der Waals surface area contributed by atoms with Crippen molar-refractivity contribution in [2.75, 3.05) is 0 Å². The molecule has 2 saturated carbocycles.